The number of methoxy groups -OCH3 is 2. The van der Waals surface area contributed by atoms with Gasteiger partial charge >= 0.3 is 6.18 Å². The number of aliphatic hydroxyl groups is 1. The molecule has 0 aromatic carbocycles. The molecule has 0 spiro atoms. The molecule has 7 heteroatoms. The Morgan fingerprint density at radius 2 is 1.81 bits per heavy atom. The molecule has 2 N–H and O–H groups in total. The van der Waals surface area contributed by atoms with Crippen LogP contribution in [0.3, 0.4) is 0 Å². The minimum absolute atomic E-state index is 0.339. The topological polar surface area (TPSA) is 50.7 Å². The van der Waals surface area contributed by atoms with Crippen LogP contribution in [0.2, 0.25) is 0 Å². The number of hydrogen-bond donors (Lipinski definition) is 2. The van der Waals surface area contributed by atoms with Crippen molar-refractivity contribution in [1.29, 1.82) is 0 Å². The molecule has 4 nitrogen and oxygen atoms in total. The summed E-state index contributed by atoms with van der Waals surface area (Å²) in [5.41, 5.74) is 0. The van der Waals surface area contributed by atoms with E-state index in [1.165, 1.54) is 14.2 Å². The van der Waals surface area contributed by atoms with Gasteiger partial charge in [-0.1, -0.05) is 0 Å². The van der Waals surface area contributed by atoms with Gasteiger partial charge in [-0.05, 0) is 19.4 Å². The minimum atomic E-state index is -4.56. The largest absolute Gasteiger partial charge is 0.415 e. The molecular formula is C9H18F3NO3. The lowest BCUT2D eigenvalue weighted by atomic mass is 10.3. The van der Waals surface area contributed by atoms with Crippen molar-refractivity contribution >= 4 is 0 Å². The third-order valence-corrected chi connectivity index (χ3v) is 2.03. The van der Waals surface area contributed by atoms with Gasteiger partial charge in [0.15, 0.2) is 12.4 Å². The fraction of sp³-hybridized carbons (Fsp3) is 1.00. The molecule has 1 atom stereocenters. The van der Waals surface area contributed by atoms with Crippen molar-refractivity contribution < 1.29 is 27.8 Å². The lowest BCUT2D eigenvalue weighted by molar-refractivity contribution is -0.201. The van der Waals surface area contributed by atoms with Gasteiger partial charge in [-0.25, -0.2) is 0 Å². The van der Waals surface area contributed by atoms with Crippen LogP contribution in [0.5, 0.6) is 0 Å². The highest BCUT2D eigenvalue weighted by molar-refractivity contribution is 4.67. The first-order chi connectivity index (χ1) is 7.41. The van der Waals surface area contributed by atoms with E-state index in [1.807, 2.05) is 0 Å². The molecule has 0 rings (SSSR count). The fourth-order valence-corrected chi connectivity index (χ4v) is 1.08. The van der Waals surface area contributed by atoms with Gasteiger partial charge in [-0.15, -0.1) is 0 Å². The van der Waals surface area contributed by atoms with E-state index < -0.39 is 18.8 Å². The van der Waals surface area contributed by atoms with E-state index in [9.17, 15) is 13.2 Å². The Bertz CT molecular complexity index is 174. The molecule has 16 heavy (non-hydrogen) atoms. The smallest absolute Gasteiger partial charge is 0.382 e. The molecule has 0 saturated heterocycles. The zero-order valence-electron chi connectivity index (χ0n) is 9.38. The molecule has 98 valence electrons. The number of nitrogens with one attached hydrogen (secondary N) is 1. The predicted octanol–water partition coefficient (Wildman–Crippen LogP) is 0.898. The van der Waals surface area contributed by atoms with Crippen LogP contribution >= 0.6 is 0 Å². The van der Waals surface area contributed by atoms with Crippen molar-refractivity contribution in [1.82, 2.24) is 5.32 Å². The number of aliphatic hydroxyl groups excluding tert-OH is 1. The molecule has 0 radical (unpaired) electrons. The second-order valence-electron chi connectivity index (χ2n) is 3.30. The van der Waals surface area contributed by atoms with Gasteiger partial charge in [-0.2, -0.15) is 13.2 Å². The maximum Gasteiger partial charge on any atom is 0.415 e. The summed E-state index contributed by atoms with van der Waals surface area (Å²) in [5, 5.41) is 11.2. The van der Waals surface area contributed by atoms with Gasteiger partial charge < -0.3 is 19.9 Å². The first-order valence-electron chi connectivity index (χ1n) is 4.93. The van der Waals surface area contributed by atoms with Crippen LogP contribution in [-0.4, -0.2) is 51.0 Å². The Labute approximate surface area is 92.7 Å². The zero-order valence-corrected chi connectivity index (χ0v) is 9.38. The highest BCUT2D eigenvalue weighted by Gasteiger charge is 2.37. The summed E-state index contributed by atoms with van der Waals surface area (Å²) in [6.07, 6.45) is -6.02. The molecule has 0 aromatic heterocycles. The van der Waals surface area contributed by atoms with Gasteiger partial charge in [0.25, 0.3) is 0 Å². The van der Waals surface area contributed by atoms with Gasteiger partial charge in [0.2, 0.25) is 0 Å². The van der Waals surface area contributed by atoms with Crippen LogP contribution in [-0.2, 0) is 9.47 Å². The molecule has 0 fully saturated rings. The minimum Gasteiger partial charge on any atom is -0.382 e. The van der Waals surface area contributed by atoms with Crippen molar-refractivity contribution in [2.24, 2.45) is 0 Å². The van der Waals surface area contributed by atoms with E-state index in [0.717, 1.165) is 0 Å². The first kappa shape index (κ1) is 15.6. The molecule has 0 aliphatic heterocycles. The average molecular weight is 245 g/mol. The number of halogens is 3. The molecule has 0 saturated carbocycles. The van der Waals surface area contributed by atoms with Gasteiger partial charge in [0.1, 0.15) is 0 Å². The first-order valence-corrected chi connectivity index (χ1v) is 4.93. The van der Waals surface area contributed by atoms with Crippen LogP contribution < -0.4 is 5.32 Å². The van der Waals surface area contributed by atoms with Crippen LogP contribution in [0.15, 0.2) is 0 Å². The predicted molar refractivity (Wildman–Crippen MR) is 52.0 cm³/mol. The maximum absolute atomic E-state index is 11.9. The third kappa shape index (κ3) is 7.00. The van der Waals surface area contributed by atoms with Gasteiger partial charge in [0, 0.05) is 20.8 Å². The Kier molecular flexibility index (Phi) is 7.65. The van der Waals surface area contributed by atoms with Crippen LogP contribution in [0.1, 0.15) is 12.8 Å². The standard InChI is InChI=1S/C9H18F3NO3/c1-15-8(16-2)4-3-5-13-6-7(14)9(10,11)12/h7-8,13-14H,3-6H2,1-2H3. The molecule has 0 aliphatic carbocycles. The van der Waals surface area contributed by atoms with E-state index in [4.69, 9.17) is 14.6 Å². The molecule has 0 aliphatic rings. The van der Waals surface area contributed by atoms with E-state index in [2.05, 4.69) is 5.32 Å². The summed E-state index contributed by atoms with van der Waals surface area (Å²) in [5.74, 6) is 0. The summed E-state index contributed by atoms with van der Waals surface area (Å²) in [7, 11) is 2.99. The summed E-state index contributed by atoms with van der Waals surface area (Å²) < 4.78 is 45.4. The second kappa shape index (κ2) is 7.83. The van der Waals surface area contributed by atoms with Crippen molar-refractivity contribution in [2.45, 2.75) is 31.4 Å². The van der Waals surface area contributed by atoms with Crippen molar-refractivity contribution in [3.05, 3.63) is 0 Å². The summed E-state index contributed by atoms with van der Waals surface area (Å²) >= 11 is 0. The molecule has 1 unspecified atom stereocenters. The molecule has 0 heterocycles. The summed E-state index contributed by atoms with van der Waals surface area (Å²) in [6, 6.07) is 0. The van der Waals surface area contributed by atoms with Gasteiger partial charge in [-0.3, -0.25) is 0 Å². The van der Waals surface area contributed by atoms with Gasteiger partial charge in [0.05, 0.1) is 0 Å². The van der Waals surface area contributed by atoms with Crippen LogP contribution in [0.25, 0.3) is 0 Å². The lowest BCUT2D eigenvalue weighted by Crippen LogP contribution is -2.38. The Hall–Kier alpha value is -0.370. The summed E-state index contributed by atoms with van der Waals surface area (Å²) in [4.78, 5) is 0. The molecule has 0 bridgehead atoms. The number of hydrogen-bond acceptors (Lipinski definition) is 4. The third-order valence-electron chi connectivity index (χ3n) is 2.03. The fourth-order valence-electron chi connectivity index (χ4n) is 1.08. The normalized spacial score (nSPS) is 14.4. The second-order valence-corrected chi connectivity index (χ2v) is 3.30. The van der Waals surface area contributed by atoms with E-state index in [0.29, 0.717) is 19.4 Å². The van der Waals surface area contributed by atoms with E-state index >= 15 is 0 Å². The Balaban J connectivity index is 3.47. The maximum atomic E-state index is 11.9. The van der Waals surface area contributed by atoms with E-state index in [1.54, 1.807) is 0 Å². The number of ether oxygens (including phenoxy) is 2. The van der Waals surface area contributed by atoms with Crippen LogP contribution in [0.4, 0.5) is 13.2 Å². The SMILES string of the molecule is COC(CCCNCC(O)C(F)(F)F)OC. The van der Waals surface area contributed by atoms with Crippen molar-refractivity contribution in [2.75, 3.05) is 27.3 Å². The van der Waals surface area contributed by atoms with Crippen molar-refractivity contribution in [3.63, 3.8) is 0 Å². The van der Waals surface area contributed by atoms with E-state index in [-0.39, 0.29) is 6.29 Å². The molecule has 0 amide bonds. The molecule has 0 aromatic rings. The zero-order chi connectivity index (χ0) is 12.6. The van der Waals surface area contributed by atoms with Crippen LogP contribution in [0, 0.1) is 0 Å². The summed E-state index contributed by atoms with van der Waals surface area (Å²) in [6.45, 7) is -0.121. The number of alkyl halides is 3. The molecular weight excluding hydrogens is 227 g/mol. The number of rotatable bonds is 8. The lowest BCUT2D eigenvalue weighted by Gasteiger charge is -2.16. The Morgan fingerprint density at radius 1 is 1.25 bits per heavy atom. The highest BCUT2D eigenvalue weighted by atomic mass is 19.4. The Morgan fingerprint density at radius 3 is 2.25 bits per heavy atom. The highest BCUT2D eigenvalue weighted by Crippen LogP contribution is 2.19. The average Bonchev–Trinajstić information content (AvgIpc) is 2.21. The monoisotopic (exact) mass is 245 g/mol. The van der Waals surface area contributed by atoms with Crippen molar-refractivity contribution in [3.8, 4) is 0 Å². The quantitative estimate of drug-likeness (QED) is 0.493.